The van der Waals surface area contributed by atoms with Gasteiger partial charge >= 0.3 is 0 Å². The summed E-state index contributed by atoms with van der Waals surface area (Å²) in [5.41, 5.74) is 3.51. The van der Waals surface area contributed by atoms with E-state index in [1.165, 1.54) is 11.1 Å². The molecular weight excluding hydrogens is 332 g/mol. The first-order chi connectivity index (χ1) is 13.2. The molecule has 0 heterocycles. The maximum Gasteiger partial charge on any atom is 0.178 e. The molecule has 27 heavy (non-hydrogen) atoms. The molecule has 0 aromatic heterocycles. The first-order valence-electron chi connectivity index (χ1n) is 9.35. The molecule has 3 rings (SSSR count). The summed E-state index contributed by atoms with van der Waals surface area (Å²) < 4.78 is 1.04. The van der Waals surface area contributed by atoms with Gasteiger partial charge in [0.05, 0.1) is 6.04 Å². The molecule has 1 atom stereocenters. The monoisotopic (exact) mass is 358 g/mol. The van der Waals surface area contributed by atoms with Gasteiger partial charge in [-0.25, -0.2) is 4.74 Å². The molecule has 0 saturated heterocycles. The highest BCUT2D eigenvalue weighted by molar-refractivity contribution is 5.58. The number of hydrogen-bond donors (Lipinski definition) is 0. The fourth-order valence-corrected chi connectivity index (χ4v) is 3.13. The highest BCUT2D eigenvalue weighted by atomic mass is 16.5. The van der Waals surface area contributed by atoms with Crippen LogP contribution in [0.1, 0.15) is 23.6 Å². The lowest BCUT2D eigenvalue weighted by Crippen LogP contribution is -2.35. The maximum absolute atomic E-state index is 12.5. The summed E-state index contributed by atoms with van der Waals surface area (Å²) in [6.45, 7) is 4.05. The Bertz CT molecular complexity index is 791. The Morgan fingerprint density at radius 2 is 1.15 bits per heavy atom. The fourth-order valence-electron chi connectivity index (χ4n) is 3.13. The molecule has 0 N–H and O–H groups in total. The van der Waals surface area contributed by atoms with Crippen molar-refractivity contribution in [1.82, 2.24) is 4.90 Å². The molecule has 0 aliphatic carbocycles. The lowest BCUT2D eigenvalue weighted by molar-refractivity contribution is -0.472. The molecule has 3 aromatic carbocycles. The van der Waals surface area contributed by atoms with Gasteiger partial charge in [-0.15, -0.1) is 0 Å². The van der Waals surface area contributed by atoms with Crippen molar-refractivity contribution in [2.24, 2.45) is 0 Å². The Morgan fingerprint density at radius 3 is 1.59 bits per heavy atom. The topological polar surface area (TPSA) is 29.3 Å². The minimum absolute atomic E-state index is 0.0200. The van der Waals surface area contributed by atoms with E-state index in [2.05, 4.69) is 60.4 Å². The predicted molar refractivity (Wildman–Crippen MR) is 111 cm³/mol. The zero-order valence-electron chi connectivity index (χ0n) is 15.7. The quantitative estimate of drug-likeness (QED) is 0.249. The van der Waals surface area contributed by atoms with E-state index < -0.39 is 0 Å². The summed E-state index contributed by atoms with van der Waals surface area (Å²) in [7, 11) is 0. The zero-order valence-corrected chi connectivity index (χ0v) is 15.7. The molecule has 3 aromatic rings. The highest BCUT2D eigenvalue weighted by Gasteiger charge is 2.16. The second-order valence-corrected chi connectivity index (χ2v) is 6.83. The third kappa shape index (κ3) is 6.08. The lowest BCUT2D eigenvalue weighted by atomic mass is 10.1. The van der Waals surface area contributed by atoms with Crippen LogP contribution in [0, 0.1) is 5.21 Å². The van der Waals surface area contributed by atoms with Crippen LogP contribution in [0.4, 0.5) is 0 Å². The van der Waals surface area contributed by atoms with Crippen LogP contribution in [0.5, 0.6) is 0 Å². The third-order valence-corrected chi connectivity index (χ3v) is 4.60. The molecule has 0 spiro atoms. The van der Waals surface area contributed by atoms with E-state index in [0.717, 1.165) is 23.4 Å². The zero-order chi connectivity index (χ0) is 18.9. The average molecular weight is 358 g/mol. The molecule has 3 nitrogen and oxygen atoms in total. The van der Waals surface area contributed by atoms with Crippen LogP contribution in [0.2, 0.25) is 0 Å². The van der Waals surface area contributed by atoms with E-state index in [1.54, 1.807) is 6.21 Å². The molecule has 0 amide bonds. The van der Waals surface area contributed by atoms with Crippen molar-refractivity contribution in [2.75, 3.05) is 0 Å². The van der Waals surface area contributed by atoms with Crippen LogP contribution < -0.4 is 0 Å². The van der Waals surface area contributed by atoms with Gasteiger partial charge in [-0.1, -0.05) is 91.0 Å². The largest absolute Gasteiger partial charge is 0.624 e. The van der Waals surface area contributed by atoms with Gasteiger partial charge in [-0.3, -0.25) is 4.90 Å². The molecule has 0 unspecified atom stereocenters. The maximum atomic E-state index is 12.5. The summed E-state index contributed by atoms with van der Waals surface area (Å²) in [6, 6.07) is 30.7. The van der Waals surface area contributed by atoms with E-state index in [1.807, 2.05) is 42.5 Å². The molecule has 0 aliphatic heterocycles. The van der Waals surface area contributed by atoms with Crippen molar-refractivity contribution >= 4 is 6.21 Å². The van der Waals surface area contributed by atoms with Gasteiger partial charge in [-0.2, -0.15) is 0 Å². The van der Waals surface area contributed by atoms with Crippen LogP contribution in [0.3, 0.4) is 0 Å². The SMILES string of the molecule is C[C@@H](/C=[N+](\[O-])Cc1ccccc1)N(Cc1ccccc1)Cc1ccccc1. The first kappa shape index (κ1) is 18.9. The van der Waals surface area contributed by atoms with Gasteiger partial charge in [0.2, 0.25) is 0 Å². The normalized spacial score (nSPS) is 12.9. The smallest absolute Gasteiger partial charge is 0.178 e. The van der Waals surface area contributed by atoms with E-state index in [9.17, 15) is 5.21 Å². The van der Waals surface area contributed by atoms with Crippen LogP contribution in [0.25, 0.3) is 0 Å². The van der Waals surface area contributed by atoms with Crippen LogP contribution >= 0.6 is 0 Å². The Labute approximate surface area is 161 Å². The molecule has 3 heteroatoms. The van der Waals surface area contributed by atoms with E-state index >= 15 is 0 Å². The van der Waals surface area contributed by atoms with E-state index in [0.29, 0.717) is 6.54 Å². The van der Waals surface area contributed by atoms with Crippen molar-refractivity contribution in [3.8, 4) is 0 Å². The van der Waals surface area contributed by atoms with Crippen LogP contribution in [0.15, 0.2) is 91.0 Å². The first-order valence-corrected chi connectivity index (χ1v) is 9.35. The lowest BCUT2D eigenvalue weighted by Gasteiger charge is -2.26. The Balaban J connectivity index is 1.74. The number of hydroxylamine groups is 1. The molecule has 0 fully saturated rings. The Kier molecular flexibility index (Phi) is 6.78. The average Bonchev–Trinajstić information content (AvgIpc) is 2.70. The van der Waals surface area contributed by atoms with Gasteiger partial charge < -0.3 is 5.21 Å². The van der Waals surface area contributed by atoms with Gasteiger partial charge in [0.1, 0.15) is 0 Å². The van der Waals surface area contributed by atoms with E-state index in [-0.39, 0.29) is 6.04 Å². The summed E-state index contributed by atoms with van der Waals surface area (Å²) in [4.78, 5) is 2.32. The number of benzene rings is 3. The van der Waals surface area contributed by atoms with Crippen molar-refractivity contribution in [3.63, 3.8) is 0 Å². The third-order valence-electron chi connectivity index (χ3n) is 4.60. The summed E-state index contributed by atoms with van der Waals surface area (Å²) in [5.74, 6) is 0. The summed E-state index contributed by atoms with van der Waals surface area (Å²) in [6.07, 6.45) is 1.78. The minimum Gasteiger partial charge on any atom is -0.624 e. The van der Waals surface area contributed by atoms with Crippen molar-refractivity contribution < 1.29 is 4.74 Å². The van der Waals surface area contributed by atoms with Gasteiger partial charge in [-0.05, 0) is 18.1 Å². The second-order valence-electron chi connectivity index (χ2n) is 6.83. The summed E-state index contributed by atoms with van der Waals surface area (Å²) >= 11 is 0. The molecular formula is C24H26N2O. The van der Waals surface area contributed by atoms with Crippen LogP contribution in [-0.2, 0) is 19.6 Å². The Morgan fingerprint density at radius 1 is 0.741 bits per heavy atom. The number of hydrogen-bond acceptors (Lipinski definition) is 2. The summed E-state index contributed by atoms with van der Waals surface area (Å²) in [5, 5.41) is 12.5. The van der Waals surface area contributed by atoms with Crippen molar-refractivity contribution in [2.45, 2.75) is 32.6 Å². The van der Waals surface area contributed by atoms with Gasteiger partial charge in [0.25, 0.3) is 0 Å². The molecule has 0 bridgehead atoms. The fraction of sp³-hybridized carbons (Fsp3) is 0.208. The molecule has 0 aliphatic rings. The molecule has 0 saturated carbocycles. The predicted octanol–water partition coefficient (Wildman–Crippen LogP) is 4.86. The van der Waals surface area contributed by atoms with Crippen molar-refractivity contribution in [1.29, 1.82) is 0 Å². The second kappa shape index (κ2) is 9.70. The molecule has 138 valence electrons. The minimum atomic E-state index is 0.0200. The van der Waals surface area contributed by atoms with Crippen molar-refractivity contribution in [3.05, 3.63) is 113 Å². The standard InChI is InChI=1S/C24H26N2O/c1-21(17-26(27)20-24-15-9-4-10-16-24)25(18-22-11-5-2-6-12-22)19-23-13-7-3-8-14-23/h2-17,21H,18-20H2,1H3/b26-17-/t21-/m0/s1. The van der Waals surface area contributed by atoms with Crippen LogP contribution in [-0.4, -0.2) is 21.9 Å². The Hall–Kier alpha value is -2.91. The highest BCUT2D eigenvalue weighted by Crippen LogP contribution is 2.13. The van der Waals surface area contributed by atoms with Gasteiger partial charge in [0, 0.05) is 18.7 Å². The number of nitrogens with zero attached hydrogens (tertiary/aromatic N) is 2. The molecule has 0 radical (unpaired) electrons. The number of rotatable bonds is 8. The van der Waals surface area contributed by atoms with E-state index in [4.69, 9.17) is 0 Å². The van der Waals surface area contributed by atoms with Gasteiger partial charge in [0.15, 0.2) is 12.8 Å².